The summed E-state index contributed by atoms with van der Waals surface area (Å²) >= 11 is 0. The molecule has 0 aromatic rings. The quantitative estimate of drug-likeness (QED) is 0.344. The van der Waals surface area contributed by atoms with Gasteiger partial charge in [-0.1, -0.05) is 13.8 Å². The van der Waals surface area contributed by atoms with Gasteiger partial charge in [0, 0.05) is 5.41 Å². The van der Waals surface area contributed by atoms with Gasteiger partial charge >= 0.3 is 19.5 Å². The van der Waals surface area contributed by atoms with E-state index in [0.29, 0.717) is 0 Å². The molecule has 0 aromatic heterocycles. The molecule has 7 nitrogen and oxygen atoms in total. The predicted molar refractivity (Wildman–Crippen MR) is 93.3 cm³/mol. The van der Waals surface area contributed by atoms with Gasteiger partial charge in [0.15, 0.2) is 5.41 Å². The van der Waals surface area contributed by atoms with Gasteiger partial charge in [0.25, 0.3) is 0 Å². The minimum atomic E-state index is -3.79. The van der Waals surface area contributed by atoms with Gasteiger partial charge in [0.2, 0.25) is 0 Å². The molecular formula is C17H31O7P. The SMILES string of the molecule is CCOC(=O)C1(C(=O)OCC)C(P(=O)(OC(C)C)OC(C)C)C1(C)C. The zero-order valence-electron chi connectivity index (χ0n) is 16.5. The van der Waals surface area contributed by atoms with Crippen LogP contribution in [0, 0.1) is 10.8 Å². The van der Waals surface area contributed by atoms with E-state index in [9.17, 15) is 14.2 Å². The van der Waals surface area contributed by atoms with Gasteiger partial charge in [-0.3, -0.25) is 14.2 Å². The van der Waals surface area contributed by atoms with Gasteiger partial charge < -0.3 is 18.5 Å². The minimum Gasteiger partial charge on any atom is -0.465 e. The lowest BCUT2D eigenvalue weighted by Crippen LogP contribution is -2.36. The van der Waals surface area contributed by atoms with E-state index in [1.165, 1.54) is 0 Å². The summed E-state index contributed by atoms with van der Waals surface area (Å²) in [6.07, 6.45) is -0.800. The van der Waals surface area contributed by atoms with Gasteiger partial charge in [-0.05, 0) is 41.5 Å². The highest BCUT2D eigenvalue weighted by molar-refractivity contribution is 7.55. The first-order valence-electron chi connectivity index (χ1n) is 8.72. The molecule has 0 bridgehead atoms. The Hall–Kier alpha value is -0.910. The van der Waals surface area contributed by atoms with E-state index in [1.54, 1.807) is 55.4 Å². The minimum absolute atomic E-state index is 0.100. The lowest BCUT2D eigenvalue weighted by Gasteiger charge is -2.25. The maximum Gasteiger partial charge on any atom is 0.336 e. The monoisotopic (exact) mass is 378 g/mol. The van der Waals surface area contributed by atoms with E-state index in [4.69, 9.17) is 18.5 Å². The summed E-state index contributed by atoms with van der Waals surface area (Å²) < 4.78 is 35.1. The van der Waals surface area contributed by atoms with Crippen molar-refractivity contribution < 1.29 is 32.7 Å². The van der Waals surface area contributed by atoms with Crippen LogP contribution in [0.2, 0.25) is 0 Å². The Morgan fingerprint density at radius 3 is 1.56 bits per heavy atom. The summed E-state index contributed by atoms with van der Waals surface area (Å²) in [5, 5.41) is 0. The second kappa shape index (κ2) is 7.77. The fourth-order valence-corrected chi connectivity index (χ4v) is 6.83. The van der Waals surface area contributed by atoms with Crippen molar-refractivity contribution in [3.8, 4) is 0 Å². The van der Waals surface area contributed by atoms with Crippen molar-refractivity contribution in [2.45, 2.75) is 73.3 Å². The van der Waals surface area contributed by atoms with Crippen molar-refractivity contribution in [1.82, 2.24) is 0 Å². The molecular weight excluding hydrogens is 347 g/mol. The van der Waals surface area contributed by atoms with Gasteiger partial charge in [0.05, 0.1) is 31.1 Å². The Balaban J connectivity index is 3.45. The van der Waals surface area contributed by atoms with Crippen LogP contribution < -0.4 is 0 Å². The lowest BCUT2D eigenvalue weighted by atomic mass is 9.96. The fraction of sp³-hybridized carbons (Fsp3) is 0.882. The first-order valence-corrected chi connectivity index (χ1v) is 10.3. The Kier molecular flexibility index (Phi) is 6.87. The summed E-state index contributed by atoms with van der Waals surface area (Å²) in [6, 6.07) is 0. The predicted octanol–water partition coefficient (Wildman–Crippen LogP) is 3.55. The molecule has 1 aliphatic carbocycles. The Morgan fingerprint density at radius 2 is 1.28 bits per heavy atom. The van der Waals surface area contributed by atoms with E-state index < -0.39 is 48.2 Å². The molecule has 0 spiro atoms. The molecule has 1 saturated carbocycles. The smallest absolute Gasteiger partial charge is 0.336 e. The standard InChI is InChI=1S/C17H31O7P/c1-9-21-14(18)17(15(19)22-10-2)13(16(17,7)8)25(20,23-11(3)4)24-12(5)6/h11-13H,9-10H2,1-8H3. The average Bonchev–Trinajstić information content (AvgIpc) is 2.96. The van der Waals surface area contributed by atoms with Crippen LogP contribution in [0.3, 0.4) is 0 Å². The number of carbonyl (C=O) groups excluding carboxylic acids is 2. The van der Waals surface area contributed by atoms with Gasteiger partial charge in [0.1, 0.15) is 0 Å². The van der Waals surface area contributed by atoms with Crippen LogP contribution in [0.1, 0.15) is 55.4 Å². The van der Waals surface area contributed by atoms with Crippen LogP contribution in [0.4, 0.5) is 0 Å². The largest absolute Gasteiger partial charge is 0.465 e. The number of rotatable bonds is 9. The Labute approximate surface area is 150 Å². The van der Waals surface area contributed by atoms with Crippen molar-refractivity contribution in [3.63, 3.8) is 0 Å². The van der Waals surface area contributed by atoms with E-state index in [2.05, 4.69) is 0 Å². The highest BCUT2D eigenvalue weighted by Crippen LogP contribution is 2.81. The first kappa shape index (κ1) is 22.1. The van der Waals surface area contributed by atoms with Crippen molar-refractivity contribution in [2.75, 3.05) is 13.2 Å². The highest BCUT2D eigenvalue weighted by Gasteiger charge is 2.88. The zero-order chi connectivity index (χ0) is 19.6. The average molecular weight is 378 g/mol. The summed E-state index contributed by atoms with van der Waals surface area (Å²) in [6.45, 7) is 13.8. The molecule has 0 heterocycles. The number of hydrogen-bond donors (Lipinski definition) is 0. The fourth-order valence-electron chi connectivity index (χ4n) is 3.43. The maximum atomic E-state index is 13.6. The van der Waals surface area contributed by atoms with E-state index in [0.717, 1.165) is 0 Å². The Bertz CT molecular complexity index is 521. The second-order valence-electron chi connectivity index (χ2n) is 7.22. The van der Waals surface area contributed by atoms with Crippen molar-refractivity contribution in [2.24, 2.45) is 10.8 Å². The molecule has 0 aliphatic heterocycles. The maximum absolute atomic E-state index is 13.6. The zero-order valence-corrected chi connectivity index (χ0v) is 17.3. The highest BCUT2D eigenvalue weighted by atomic mass is 31.2. The van der Waals surface area contributed by atoms with E-state index >= 15 is 0 Å². The normalized spacial score (nSPS) is 21.3. The molecule has 0 radical (unpaired) electrons. The van der Waals surface area contributed by atoms with Crippen molar-refractivity contribution in [1.29, 1.82) is 0 Å². The molecule has 1 rings (SSSR count). The number of hydrogen-bond acceptors (Lipinski definition) is 7. The van der Waals surface area contributed by atoms with Gasteiger partial charge in [-0.2, -0.15) is 0 Å². The van der Waals surface area contributed by atoms with E-state index in [1.807, 2.05) is 0 Å². The molecule has 1 atom stereocenters. The van der Waals surface area contributed by atoms with Gasteiger partial charge in [-0.15, -0.1) is 0 Å². The molecule has 1 aliphatic rings. The van der Waals surface area contributed by atoms with Crippen LogP contribution in [-0.2, 0) is 32.7 Å². The molecule has 146 valence electrons. The van der Waals surface area contributed by atoms with Crippen LogP contribution in [0.25, 0.3) is 0 Å². The molecule has 0 N–H and O–H groups in total. The molecule has 0 aromatic carbocycles. The van der Waals surface area contributed by atoms with Crippen LogP contribution in [0.5, 0.6) is 0 Å². The second-order valence-corrected chi connectivity index (χ2v) is 9.24. The summed E-state index contributed by atoms with van der Waals surface area (Å²) in [7, 11) is -3.79. The molecule has 1 unspecified atom stereocenters. The van der Waals surface area contributed by atoms with E-state index in [-0.39, 0.29) is 13.2 Å². The van der Waals surface area contributed by atoms with Crippen LogP contribution in [0.15, 0.2) is 0 Å². The number of ether oxygens (including phenoxy) is 2. The molecule has 1 fully saturated rings. The number of carbonyl (C=O) groups is 2. The lowest BCUT2D eigenvalue weighted by molar-refractivity contribution is -0.166. The molecule has 0 saturated heterocycles. The van der Waals surface area contributed by atoms with Crippen LogP contribution >= 0.6 is 7.60 Å². The van der Waals surface area contributed by atoms with Crippen LogP contribution in [-0.4, -0.2) is 43.0 Å². The summed E-state index contributed by atoms with van der Waals surface area (Å²) in [5.41, 5.74) is -3.64. The molecule has 0 amide bonds. The summed E-state index contributed by atoms with van der Waals surface area (Å²) in [4.78, 5) is 25.5. The first-order chi connectivity index (χ1) is 11.4. The summed E-state index contributed by atoms with van der Waals surface area (Å²) in [5.74, 6) is -1.49. The Morgan fingerprint density at radius 1 is 0.920 bits per heavy atom. The third-order valence-electron chi connectivity index (χ3n) is 4.25. The third kappa shape index (κ3) is 3.79. The number of esters is 2. The van der Waals surface area contributed by atoms with Crippen molar-refractivity contribution in [3.05, 3.63) is 0 Å². The molecule has 8 heteroatoms. The van der Waals surface area contributed by atoms with Gasteiger partial charge in [-0.25, -0.2) is 0 Å². The third-order valence-corrected chi connectivity index (χ3v) is 7.35. The topological polar surface area (TPSA) is 88.1 Å². The van der Waals surface area contributed by atoms with Crippen molar-refractivity contribution >= 4 is 19.5 Å². The molecule has 25 heavy (non-hydrogen) atoms.